The molecule has 1 rings (SSSR count). The van der Waals surface area contributed by atoms with E-state index in [0.29, 0.717) is 19.0 Å². The van der Waals surface area contributed by atoms with Crippen LogP contribution in [0.4, 0.5) is 0 Å². The molecule has 0 aliphatic rings. The Hall–Kier alpha value is -0.870. The third-order valence-electron chi connectivity index (χ3n) is 1.59. The first-order chi connectivity index (χ1) is 6.29. The summed E-state index contributed by atoms with van der Waals surface area (Å²) in [4.78, 5) is 3.99. The zero-order valence-electron chi connectivity index (χ0n) is 8.06. The normalized spacial score (nSPS) is 11.1. The van der Waals surface area contributed by atoms with E-state index >= 15 is 0 Å². The van der Waals surface area contributed by atoms with Crippen LogP contribution in [0.2, 0.25) is 0 Å². The van der Waals surface area contributed by atoms with E-state index < -0.39 is 6.41 Å². The van der Waals surface area contributed by atoms with Crippen LogP contribution in [0.5, 0.6) is 0 Å². The Morgan fingerprint density at radius 3 is 2.46 bits per heavy atom. The second-order valence-corrected chi connectivity index (χ2v) is 2.47. The summed E-state index contributed by atoms with van der Waals surface area (Å²) in [5.41, 5.74) is 0. The Morgan fingerprint density at radius 1 is 1.46 bits per heavy atom. The Bertz CT molecular complexity index is 242. The van der Waals surface area contributed by atoms with Crippen molar-refractivity contribution in [3.8, 4) is 0 Å². The molecule has 0 spiro atoms. The number of hydrogen-bond acceptors (Lipinski definition) is 3. The van der Waals surface area contributed by atoms with E-state index in [1.54, 1.807) is 17.0 Å². The molecule has 1 aromatic rings. The lowest BCUT2D eigenvalue weighted by Crippen LogP contribution is -2.17. The van der Waals surface area contributed by atoms with Crippen LogP contribution in [0, 0.1) is 6.92 Å². The molecular formula is C9H15N2O2. The van der Waals surface area contributed by atoms with Crippen LogP contribution in [0.15, 0.2) is 12.4 Å². The predicted octanol–water partition coefficient (Wildman–Crippen LogP) is 1.59. The summed E-state index contributed by atoms with van der Waals surface area (Å²) >= 11 is 0. The summed E-state index contributed by atoms with van der Waals surface area (Å²) in [5.74, 6) is 0.645. The van der Waals surface area contributed by atoms with Crippen LogP contribution >= 0.6 is 0 Å². The van der Waals surface area contributed by atoms with E-state index in [1.165, 1.54) is 0 Å². The van der Waals surface area contributed by atoms with Crippen molar-refractivity contribution in [3.63, 3.8) is 0 Å². The molecule has 4 nitrogen and oxygen atoms in total. The van der Waals surface area contributed by atoms with Crippen molar-refractivity contribution in [3.05, 3.63) is 25.1 Å². The minimum absolute atomic E-state index is 0.398. The van der Waals surface area contributed by atoms with Gasteiger partial charge in [0.1, 0.15) is 5.82 Å². The fourth-order valence-electron chi connectivity index (χ4n) is 1.03. The maximum absolute atomic E-state index is 5.37. The molecule has 1 aromatic heterocycles. The maximum Gasteiger partial charge on any atom is 0.245 e. The van der Waals surface area contributed by atoms with Crippen LogP contribution in [-0.4, -0.2) is 22.8 Å². The van der Waals surface area contributed by atoms with E-state index in [2.05, 4.69) is 11.9 Å². The van der Waals surface area contributed by atoms with Gasteiger partial charge in [0.25, 0.3) is 0 Å². The number of rotatable bonds is 5. The predicted molar refractivity (Wildman–Crippen MR) is 49.0 cm³/mol. The lowest BCUT2D eigenvalue weighted by atomic mass is 10.7. The van der Waals surface area contributed by atoms with Crippen LogP contribution < -0.4 is 0 Å². The Labute approximate surface area is 78.5 Å². The lowest BCUT2D eigenvalue weighted by Gasteiger charge is -2.18. The molecule has 13 heavy (non-hydrogen) atoms. The number of imidazole rings is 1. The Morgan fingerprint density at radius 2 is 2.08 bits per heavy atom. The van der Waals surface area contributed by atoms with Crippen LogP contribution in [0.3, 0.4) is 0 Å². The molecule has 4 heteroatoms. The molecule has 0 fully saturated rings. The minimum Gasteiger partial charge on any atom is -0.335 e. The Balaban J connectivity index is 2.69. The van der Waals surface area contributed by atoms with E-state index in [1.807, 2.05) is 13.8 Å². The summed E-state index contributed by atoms with van der Waals surface area (Å²) in [6.45, 7) is 8.80. The molecular weight excluding hydrogens is 168 g/mol. The van der Waals surface area contributed by atoms with Crippen LogP contribution in [-0.2, 0) is 9.47 Å². The minimum atomic E-state index is -0.398. The molecule has 0 saturated heterocycles. The molecule has 0 saturated carbocycles. The molecule has 0 unspecified atom stereocenters. The first-order valence-corrected chi connectivity index (χ1v) is 4.37. The zero-order chi connectivity index (χ0) is 9.68. The highest BCUT2D eigenvalue weighted by molar-refractivity contribution is 4.95. The smallest absolute Gasteiger partial charge is 0.245 e. The van der Waals surface area contributed by atoms with Crippen LogP contribution in [0.25, 0.3) is 0 Å². The van der Waals surface area contributed by atoms with E-state index in [9.17, 15) is 0 Å². The second kappa shape index (κ2) is 4.99. The van der Waals surface area contributed by atoms with Gasteiger partial charge in [-0.2, -0.15) is 0 Å². The van der Waals surface area contributed by atoms with Gasteiger partial charge in [-0.15, -0.1) is 0 Å². The van der Waals surface area contributed by atoms with Crippen molar-refractivity contribution in [2.45, 2.75) is 20.3 Å². The fraction of sp³-hybridized carbons (Fsp3) is 0.556. The van der Waals surface area contributed by atoms with Gasteiger partial charge in [-0.3, -0.25) is 4.57 Å². The SMILES string of the molecule is [CH2]c1nccn1C(OCC)OCC. The van der Waals surface area contributed by atoms with Crippen LogP contribution in [0.1, 0.15) is 26.1 Å². The van der Waals surface area contributed by atoms with Crippen molar-refractivity contribution >= 4 is 0 Å². The molecule has 0 aromatic carbocycles. The molecule has 1 radical (unpaired) electrons. The summed E-state index contributed by atoms with van der Waals surface area (Å²) in [6, 6.07) is 0. The number of ether oxygens (including phenoxy) is 2. The third kappa shape index (κ3) is 2.54. The zero-order valence-corrected chi connectivity index (χ0v) is 8.06. The van der Waals surface area contributed by atoms with E-state index in [-0.39, 0.29) is 0 Å². The monoisotopic (exact) mass is 183 g/mol. The van der Waals surface area contributed by atoms with E-state index in [0.717, 1.165) is 0 Å². The van der Waals surface area contributed by atoms with Crippen molar-refractivity contribution in [1.82, 2.24) is 9.55 Å². The summed E-state index contributed by atoms with van der Waals surface area (Å²) in [7, 11) is 0. The fourth-order valence-corrected chi connectivity index (χ4v) is 1.03. The highest BCUT2D eigenvalue weighted by Gasteiger charge is 2.11. The summed E-state index contributed by atoms with van der Waals surface area (Å²) in [6.07, 6.45) is 3.07. The first kappa shape index (κ1) is 10.2. The first-order valence-electron chi connectivity index (χ1n) is 4.37. The third-order valence-corrected chi connectivity index (χ3v) is 1.59. The maximum atomic E-state index is 5.37. The van der Waals surface area contributed by atoms with Gasteiger partial charge in [0, 0.05) is 32.5 Å². The number of aromatic nitrogens is 2. The average molecular weight is 183 g/mol. The topological polar surface area (TPSA) is 36.3 Å². The molecule has 1 heterocycles. The molecule has 0 N–H and O–H groups in total. The summed E-state index contributed by atoms with van der Waals surface area (Å²) in [5, 5.41) is 0. The van der Waals surface area contributed by atoms with Gasteiger partial charge in [-0.1, -0.05) is 0 Å². The van der Waals surface area contributed by atoms with Gasteiger partial charge in [-0.25, -0.2) is 4.98 Å². The molecule has 0 amide bonds. The molecule has 0 atom stereocenters. The van der Waals surface area contributed by atoms with Crippen molar-refractivity contribution in [1.29, 1.82) is 0 Å². The van der Waals surface area contributed by atoms with Gasteiger partial charge < -0.3 is 9.47 Å². The van der Waals surface area contributed by atoms with Gasteiger partial charge >= 0.3 is 0 Å². The second-order valence-electron chi connectivity index (χ2n) is 2.47. The van der Waals surface area contributed by atoms with Crippen molar-refractivity contribution in [2.75, 3.05) is 13.2 Å². The highest BCUT2D eigenvalue weighted by atomic mass is 16.7. The average Bonchev–Trinajstić information content (AvgIpc) is 2.51. The van der Waals surface area contributed by atoms with Crippen molar-refractivity contribution < 1.29 is 9.47 Å². The molecule has 0 aliphatic carbocycles. The largest absolute Gasteiger partial charge is 0.335 e. The van der Waals surface area contributed by atoms with Gasteiger partial charge in [0.05, 0.1) is 0 Å². The Kier molecular flexibility index (Phi) is 3.92. The van der Waals surface area contributed by atoms with E-state index in [4.69, 9.17) is 9.47 Å². The summed E-state index contributed by atoms with van der Waals surface area (Å²) < 4.78 is 12.5. The van der Waals surface area contributed by atoms with Gasteiger partial charge in [-0.05, 0) is 13.8 Å². The molecule has 73 valence electrons. The molecule has 0 bridgehead atoms. The number of hydrogen-bond donors (Lipinski definition) is 0. The number of nitrogens with zero attached hydrogens (tertiary/aromatic N) is 2. The highest BCUT2D eigenvalue weighted by Crippen LogP contribution is 2.12. The van der Waals surface area contributed by atoms with Crippen molar-refractivity contribution in [2.24, 2.45) is 0 Å². The quantitative estimate of drug-likeness (QED) is 0.650. The molecule has 0 aliphatic heterocycles. The van der Waals surface area contributed by atoms with Gasteiger partial charge in [0.15, 0.2) is 0 Å². The van der Waals surface area contributed by atoms with Gasteiger partial charge in [0.2, 0.25) is 6.41 Å². The standard InChI is InChI=1S/C9H15N2O2/c1-4-12-9(13-5-2)11-7-6-10-8(11)3/h6-7,9H,3-5H2,1-2H3. The lowest BCUT2D eigenvalue weighted by molar-refractivity contribution is -0.186.